The van der Waals surface area contributed by atoms with Crippen LogP contribution in [0, 0.1) is 6.92 Å². The van der Waals surface area contributed by atoms with Gasteiger partial charge in [0.2, 0.25) is 5.95 Å². The highest BCUT2D eigenvalue weighted by Gasteiger charge is 2.25. The van der Waals surface area contributed by atoms with E-state index in [9.17, 15) is 13.2 Å². The summed E-state index contributed by atoms with van der Waals surface area (Å²) in [5, 5.41) is 7.49. The fourth-order valence-electron chi connectivity index (χ4n) is 5.23. The van der Waals surface area contributed by atoms with Crippen molar-refractivity contribution in [3.8, 4) is 11.1 Å². The van der Waals surface area contributed by atoms with Crippen LogP contribution in [-0.2, 0) is 14.8 Å². The number of rotatable bonds is 7. The summed E-state index contributed by atoms with van der Waals surface area (Å²) < 4.78 is 33.7. The molecule has 226 valence electrons. The predicted octanol–water partition coefficient (Wildman–Crippen LogP) is 7.31. The van der Waals surface area contributed by atoms with Gasteiger partial charge in [-0.05, 0) is 106 Å². The van der Waals surface area contributed by atoms with Gasteiger partial charge in [0, 0.05) is 29.4 Å². The van der Waals surface area contributed by atoms with E-state index in [2.05, 4.69) is 20.3 Å². The van der Waals surface area contributed by atoms with Crippen molar-refractivity contribution in [2.75, 3.05) is 10.0 Å². The van der Waals surface area contributed by atoms with Crippen molar-refractivity contribution < 1.29 is 17.9 Å². The lowest BCUT2D eigenvalue weighted by Crippen LogP contribution is -2.42. The number of hydrogen-bond acceptors (Lipinski definition) is 7. The Kier molecular flexibility index (Phi) is 8.80. The van der Waals surface area contributed by atoms with Gasteiger partial charge in [-0.15, -0.1) is 0 Å². The summed E-state index contributed by atoms with van der Waals surface area (Å²) in [6.07, 6.45) is 4.94. The Labute approximate surface area is 257 Å². The van der Waals surface area contributed by atoms with Crippen LogP contribution >= 0.6 is 11.6 Å². The van der Waals surface area contributed by atoms with Gasteiger partial charge in [-0.1, -0.05) is 35.9 Å². The van der Waals surface area contributed by atoms with Crippen LogP contribution in [0.3, 0.4) is 0 Å². The molecule has 3 N–H and O–H groups in total. The summed E-state index contributed by atoms with van der Waals surface area (Å²) in [6, 6.07) is 18.1. The van der Waals surface area contributed by atoms with Gasteiger partial charge < -0.3 is 15.4 Å². The van der Waals surface area contributed by atoms with E-state index >= 15 is 0 Å². The van der Waals surface area contributed by atoms with Gasteiger partial charge in [0.25, 0.3) is 10.0 Å². The van der Waals surface area contributed by atoms with Crippen LogP contribution in [-0.4, -0.2) is 42.2 Å². The maximum atomic E-state index is 12.8. The van der Waals surface area contributed by atoms with E-state index in [1.165, 1.54) is 6.07 Å². The molecule has 3 aromatic carbocycles. The first-order valence-corrected chi connectivity index (χ1v) is 16.1. The maximum absolute atomic E-state index is 12.8. The maximum Gasteiger partial charge on any atom is 0.407 e. The standard InChI is InChI=1S/C32H36ClN5O4S/c1-20-17-25(38-43(40,41)29-8-6-5-7-27(29)33)14-15-26(20)21-9-16-28-22(18-21)19-34-30(37-28)35-23-10-12-24(13-11-23)36-31(39)42-32(2,3)4/h5-9,14-19,23-24,38H,10-13H2,1-4H3,(H,36,39)(H,34,35,37)/t23-,24-. The number of sulfonamides is 1. The minimum atomic E-state index is -3.82. The molecule has 1 saturated carbocycles. The molecular weight excluding hydrogens is 586 g/mol. The van der Waals surface area contributed by atoms with Crippen LogP contribution < -0.4 is 15.4 Å². The van der Waals surface area contributed by atoms with Gasteiger partial charge in [0.05, 0.1) is 10.5 Å². The molecule has 0 radical (unpaired) electrons. The van der Waals surface area contributed by atoms with E-state index in [1.54, 1.807) is 30.3 Å². The van der Waals surface area contributed by atoms with Gasteiger partial charge in [0.15, 0.2) is 0 Å². The summed E-state index contributed by atoms with van der Waals surface area (Å²) in [5.74, 6) is 0.579. The topological polar surface area (TPSA) is 122 Å². The lowest BCUT2D eigenvalue weighted by molar-refractivity contribution is 0.0492. The first kappa shape index (κ1) is 30.6. The van der Waals surface area contributed by atoms with Gasteiger partial charge in [0.1, 0.15) is 10.5 Å². The second kappa shape index (κ2) is 12.4. The summed E-state index contributed by atoms with van der Waals surface area (Å²) in [6.45, 7) is 7.51. The number of ether oxygens (including phenoxy) is 1. The van der Waals surface area contributed by atoms with Crippen molar-refractivity contribution >= 4 is 50.3 Å². The van der Waals surface area contributed by atoms with E-state index in [-0.39, 0.29) is 28.1 Å². The molecule has 1 aliphatic rings. The van der Waals surface area contributed by atoms with E-state index in [1.807, 2.05) is 58.2 Å². The molecule has 0 atom stereocenters. The van der Waals surface area contributed by atoms with E-state index < -0.39 is 15.6 Å². The van der Waals surface area contributed by atoms with Crippen LogP contribution in [0.15, 0.2) is 71.8 Å². The number of halogens is 1. The van der Waals surface area contributed by atoms with Crippen LogP contribution in [0.4, 0.5) is 16.4 Å². The van der Waals surface area contributed by atoms with E-state index in [0.717, 1.165) is 53.3 Å². The highest BCUT2D eigenvalue weighted by molar-refractivity contribution is 7.92. The molecule has 0 aliphatic heterocycles. The Morgan fingerprint density at radius 3 is 2.40 bits per heavy atom. The van der Waals surface area contributed by atoms with Gasteiger partial charge in [-0.3, -0.25) is 4.72 Å². The number of anilines is 2. The number of nitrogens with one attached hydrogen (secondary N) is 3. The lowest BCUT2D eigenvalue weighted by atomic mass is 9.91. The highest BCUT2D eigenvalue weighted by Crippen LogP contribution is 2.30. The van der Waals surface area contributed by atoms with Gasteiger partial charge in [-0.2, -0.15) is 0 Å². The zero-order valence-electron chi connectivity index (χ0n) is 24.6. The second-order valence-corrected chi connectivity index (χ2v) is 13.9. The molecule has 0 spiro atoms. The second-order valence-electron chi connectivity index (χ2n) is 11.9. The number of aromatic nitrogens is 2. The van der Waals surface area contributed by atoms with Crippen LogP contribution in [0.1, 0.15) is 52.0 Å². The Morgan fingerprint density at radius 1 is 0.977 bits per heavy atom. The number of amides is 1. The summed E-state index contributed by atoms with van der Waals surface area (Å²) in [4.78, 5) is 21.4. The van der Waals surface area contributed by atoms with Crippen molar-refractivity contribution in [2.24, 2.45) is 0 Å². The Balaban J connectivity index is 1.22. The number of fused-ring (bicyclic) bond motifs is 1. The molecule has 1 fully saturated rings. The molecular formula is C32H36ClN5O4S. The predicted molar refractivity (Wildman–Crippen MR) is 171 cm³/mol. The zero-order valence-corrected chi connectivity index (χ0v) is 26.2. The minimum absolute atomic E-state index is 0.0321. The number of alkyl carbamates (subject to hydrolysis) is 1. The molecule has 0 bridgehead atoms. The highest BCUT2D eigenvalue weighted by atomic mass is 35.5. The quantitative estimate of drug-likeness (QED) is 0.198. The number of carbonyl (C=O) groups excluding carboxylic acids is 1. The molecule has 43 heavy (non-hydrogen) atoms. The molecule has 1 aromatic heterocycles. The first-order valence-electron chi connectivity index (χ1n) is 14.3. The number of carbonyl (C=O) groups is 1. The van der Waals surface area contributed by atoms with Crippen molar-refractivity contribution in [1.82, 2.24) is 15.3 Å². The van der Waals surface area contributed by atoms with E-state index in [0.29, 0.717) is 11.6 Å². The Hall–Kier alpha value is -3.89. The van der Waals surface area contributed by atoms with E-state index in [4.69, 9.17) is 21.3 Å². The third kappa shape index (κ3) is 7.74. The van der Waals surface area contributed by atoms with Gasteiger partial charge >= 0.3 is 6.09 Å². The molecule has 4 aromatic rings. The molecule has 5 rings (SSSR count). The zero-order chi connectivity index (χ0) is 30.8. The Bertz CT molecular complexity index is 1750. The summed E-state index contributed by atoms with van der Waals surface area (Å²) in [5.41, 5.74) is 3.63. The van der Waals surface area contributed by atoms with Crippen molar-refractivity contribution in [3.63, 3.8) is 0 Å². The summed E-state index contributed by atoms with van der Waals surface area (Å²) >= 11 is 6.10. The third-order valence-electron chi connectivity index (χ3n) is 7.28. The molecule has 1 heterocycles. The van der Waals surface area contributed by atoms with Crippen LogP contribution in [0.25, 0.3) is 22.0 Å². The molecule has 1 amide bonds. The SMILES string of the molecule is Cc1cc(NS(=O)(=O)c2ccccc2Cl)ccc1-c1ccc2nc(N[C@H]3CC[C@H](NC(=O)OC(C)(C)C)CC3)ncc2c1. The number of hydrogen-bond donors (Lipinski definition) is 3. The number of aryl methyl sites for hydroxylation is 1. The first-order chi connectivity index (χ1) is 20.4. The smallest absolute Gasteiger partial charge is 0.407 e. The van der Waals surface area contributed by atoms with Crippen molar-refractivity contribution in [2.45, 2.75) is 76.0 Å². The average Bonchev–Trinajstić information content (AvgIpc) is 2.93. The summed E-state index contributed by atoms with van der Waals surface area (Å²) in [7, 11) is -3.82. The molecule has 11 heteroatoms. The fraction of sp³-hybridized carbons (Fsp3) is 0.344. The lowest BCUT2D eigenvalue weighted by Gasteiger charge is -2.30. The monoisotopic (exact) mass is 621 g/mol. The van der Waals surface area contributed by atoms with Crippen LogP contribution in [0.5, 0.6) is 0 Å². The largest absolute Gasteiger partial charge is 0.444 e. The number of nitrogens with zero attached hydrogens (tertiary/aromatic N) is 2. The average molecular weight is 622 g/mol. The molecule has 9 nitrogen and oxygen atoms in total. The van der Waals surface area contributed by atoms with Crippen LogP contribution in [0.2, 0.25) is 5.02 Å². The normalized spacial score (nSPS) is 17.3. The fourth-order valence-corrected chi connectivity index (χ4v) is 6.80. The molecule has 0 saturated heterocycles. The number of benzene rings is 3. The van der Waals surface area contributed by atoms with Crippen molar-refractivity contribution in [3.05, 3.63) is 77.4 Å². The Morgan fingerprint density at radius 2 is 1.70 bits per heavy atom. The third-order valence-corrected chi connectivity index (χ3v) is 9.16. The molecule has 0 unspecified atom stereocenters. The van der Waals surface area contributed by atoms with Gasteiger partial charge in [-0.25, -0.2) is 23.2 Å². The van der Waals surface area contributed by atoms with Crippen molar-refractivity contribution in [1.29, 1.82) is 0 Å². The minimum Gasteiger partial charge on any atom is -0.444 e. The molecule has 1 aliphatic carbocycles.